The van der Waals surface area contributed by atoms with Gasteiger partial charge in [-0.05, 0) is 29.8 Å². The van der Waals surface area contributed by atoms with Crippen LogP contribution in [0.5, 0.6) is 5.75 Å². The largest absolute Gasteiger partial charge is 0.497 e. The van der Waals surface area contributed by atoms with Gasteiger partial charge in [0.25, 0.3) is 5.91 Å². The molecule has 1 amide bonds. The Morgan fingerprint density at radius 1 is 1.24 bits per heavy atom. The molecule has 0 aromatic heterocycles. The number of carbonyl (C=O) groups excluding carboxylic acids is 1. The van der Waals surface area contributed by atoms with Crippen LogP contribution in [0.15, 0.2) is 53.5 Å². The highest BCUT2D eigenvalue weighted by Crippen LogP contribution is 2.41. The van der Waals surface area contributed by atoms with E-state index in [1.807, 2.05) is 29.2 Å². The third kappa shape index (κ3) is 4.44. The van der Waals surface area contributed by atoms with Gasteiger partial charge in [-0.1, -0.05) is 41.6 Å². The molecule has 0 N–H and O–H groups in total. The lowest BCUT2D eigenvalue weighted by atomic mass is 10.1. The van der Waals surface area contributed by atoms with Crippen LogP contribution < -0.4 is 9.64 Å². The monoisotopic (exact) mass is 450 g/mol. The van der Waals surface area contributed by atoms with Gasteiger partial charge in [0.1, 0.15) is 5.75 Å². The minimum Gasteiger partial charge on any atom is -0.497 e. The molecule has 0 aliphatic carbocycles. The number of anilines is 1. The van der Waals surface area contributed by atoms with Crippen LogP contribution >= 0.6 is 23.4 Å². The number of thioether (sulfide) groups is 1. The molecule has 0 unspecified atom stereocenters. The number of benzene rings is 2. The van der Waals surface area contributed by atoms with Gasteiger partial charge in [0.15, 0.2) is 15.0 Å². The van der Waals surface area contributed by atoms with Crippen LogP contribution in [0.1, 0.15) is 5.56 Å². The summed E-state index contributed by atoms with van der Waals surface area (Å²) in [5.41, 5.74) is 1.59. The smallest absolute Gasteiger partial charge is 0.252 e. The van der Waals surface area contributed by atoms with E-state index in [0.29, 0.717) is 15.9 Å². The Kier molecular flexibility index (Phi) is 5.59. The van der Waals surface area contributed by atoms with Gasteiger partial charge in [0.05, 0.1) is 31.1 Å². The Morgan fingerprint density at radius 3 is 2.72 bits per heavy atom. The van der Waals surface area contributed by atoms with E-state index in [9.17, 15) is 13.2 Å². The SMILES string of the molecule is COc1cccc(N2C(=NC(=O)Cc3ccc(Cl)cc3)S[C@@H]3CS(=O)(=O)C[C@H]32)c1. The number of hydrogen-bond donors (Lipinski definition) is 0. The lowest BCUT2D eigenvalue weighted by Crippen LogP contribution is -2.37. The molecule has 2 aromatic rings. The summed E-state index contributed by atoms with van der Waals surface area (Å²) in [4.78, 5) is 18.8. The lowest BCUT2D eigenvalue weighted by Gasteiger charge is -2.24. The molecule has 2 heterocycles. The van der Waals surface area contributed by atoms with Crippen molar-refractivity contribution in [3.63, 3.8) is 0 Å². The summed E-state index contributed by atoms with van der Waals surface area (Å²) >= 11 is 7.25. The van der Waals surface area contributed by atoms with E-state index in [2.05, 4.69) is 4.99 Å². The fourth-order valence-electron chi connectivity index (χ4n) is 3.55. The highest BCUT2D eigenvalue weighted by Gasteiger charge is 2.49. The predicted molar refractivity (Wildman–Crippen MR) is 117 cm³/mol. The molecule has 0 saturated carbocycles. The standard InChI is InChI=1S/C20H19ClN2O4S2/c1-27-16-4-2-3-15(10-16)23-17-11-29(25,26)12-18(17)28-20(23)22-19(24)9-13-5-7-14(21)8-6-13/h2-8,10,17-18H,9,11-12H2,1H3/t17-,18-/m1/s1. The Balaban J connectivity index is 1.64. The number of amides is 1. The first-order valence-corrected chi connectivity index (χ1v) is 12.1. The Hall–Kier alpha value is -2.03. The number of nitrogens with zero attached hydrogens (tertiary/aromatic N) is 2. The summed E-state index contributed by atoms with van der Waals surface area (Å²) < 4.78 is 29.6. The van der Waals surface area contributed by atoms with E-state index >= 15 is 0 Å². The van der Waals surface area contributed by atoms with Crippen molar-refractivity contribution in [2.24, 2.45) is 4.99 Å². The highest BCUT2D eigenvalue weighted by molar-refractivity contribution is 8.16. The minimum absolute atomic E-state index is 0.0479. The van der Waals surface area contributed by atoms with E-state index in [1.165, 1.54) is 11.8 Å². The van der Waals surface area contributed by atoms with Crippen molar-refractivity contribution >= 4 is 50.0 Å². The van der Waals surface area contributed by atoms with Gasteiger partial charge in [-0.15, -0.1) is 0 Å². The molecule has 2 fully saturated rings. The Bertz CT molecular complexity index is 1070. The fraction of sp³-hybridized carbons (Fsp3) is 0.300. The first-order chi connectivity index (χ1) is 13.8. The lowest BCUT2D eigenvalue weighted by molar-refractivity contribution is -0.117. The zero-order chi connectivity index (χ0) is 20.6. The van der Waals surface area contributed by atoms with Crippen LogP contribution in [0.3, 0.4) is 0 Å². The van der Waals surface area contributed by atoms with Gasteiger partial charge in [-0.2, -0.15) is 4.99 Å². The molecular weight excluding hydrogens is 432 g/mol. The number of fused-ring (bicyclic) bond motifs is 1. The molecular formula is C20H19ClN2O4S2. The van der Waals surface area contributed by atoms with Crippen LogP contribution in [0.2, 0.25) is 5.02 Å². The van der Waals surface area contributed by atoms with Crippen molar-refractivity contribution < 1.29 is 17.9 Å². The maximum Gasteiger partial charge on any atom is 0.252 e. The van der Waals surface area contributed by atoms with Gasteiger partial charge < -0.3 is 9.64 Å². The second-order valence-electron chi connectivity index (χ2n) is 6.96. The van der Waals surface area contributed by atoms with Crippen LogP contribution in [0.25, 0.3) is 0 Å². The number of aliphatic imine (C=N–C) groups is 1. The second-order valence-corrected chi connectivity index (χ2v) is 10.8. The number of carbonyl (C=O) groups is 1. The molecule has 2 aliphatic heterocycles. The highest BCUT2D eigenvalue weighted by atomic mass is 35.5. The van der Waals surface area contributed by atoms with Gasteiger partial charge >= 0.3 is 0 Å². The summed E-state index contributed by atoms with van der Waals surface area (Å²) in [5.74, 6) is 0.508. The summed E-state index contributed by atoms with van der Waals surface area (Å²) in [5, 5.41) is 0.993. The summed E-state index contributed by atoms with van der Waals surface area (Å²) in [6.07, 6.45) is 0.154. The minimum atomic E-state index is -3.11. The summed E-state index contributed by atoms with van der Waals surface area (Å²) in [6, 6.07) is 14.2. The van der Waals surface area contributed by atoms with E-state index in [0.717, 1.165) is 11.3 Å². The normalized spacial score (nSPS) is 23.9. The Labute approximate surface area is 178 Å². The molecule has 2 saturated heterocycles. The molecule has 29 heavy (non-hydrogen) atoms. The zero-order valence-electron chi connectivity index (χ0n) is 15.6. The van der Waals surface area contributed by atoms with Crippen molar-refractivity contribution in [2.45, 2.75) is 17.7 Å². The Morgan fingerprint density at radius 2 is 2.00 bits per heavy atom. The zero-order valence-corrected chi connectivity index (χ0v) is 18.0. The average molecular weight is 451 g/mol. The third-order valence-corrected chi connectivity index (χ3v) is 8.35. The topological polar surface area (TPSA) is 76.0 Å². The van der Waals surface area contributed by atoms with Crippen molar-refractivity contribution in [3.05, 3.63) is 59.1 Å². The molecule has 9 heteroatoms. The van der Waals surface area contributed by atoms with E-state index in [1.54, 1.807) is 31.4 Å². The molecule has 0 radical (unpaired) electrons. The molecule has 152 valence electrons. The number of sulfone groups is 1. The van der Waals surface area contributed by atoms with Crippen molar-refractivity contribution in [2.75, 3.05) is 23.5 Å². The van der Waals surface area contributed by atoms with Crippen molar-refractivity contribution in [1.82, 2.24) is 0 Å². The van der Waals surface area contributed by atoms with Crippen LogP contribution in [-0.4, -0.2) is 49.4 Å². The molecule has 2 atom stereocenters. The van der Waals surface area contributed by atoms with Gasteiger partial charge in [-0.3, -0.25) is 4.79 Å². The predicted octanol–water partition coefficient (Wildman–Crippen LogP) is 3.19. The van der Waals surface area contributed by atoms with E-state index < -0.39 is 9.84 Å². The second kappa shape index (κ2) is 8.01. The summed E-state index contributed by atoms with van der Waals surface area (Å²) in [7, 11) is -1.54. The molecule has 2 aliphatic rings. The number of methoxy groups -OCH3 is 1. The maximum absolute atomic E-state index is 12.6. The van der Waals surface area contributed by atoms with E-state index in [4.69, 9.17) is 16.3 Å². The van der Waals surface area contributed by atoms with Gasteiger partial charge in [0.2, 0.25) is 0 Å². The van der Waals surface area contributed by atoms with Crippen molar-refractivity contribution in [1.29, 1.82) is 0 Å². The maximum atomic E-state index is 12.6. The quantitative estimate of drug-likeness (QED) is 0.712. The van der Waals surface area contributed by atoms with Crippen molar-refractivity contribution in [3.8, 4) is 5.75 Å². The number of ether oxygens (including phenoxy) is 1. The third-order valence-electron chi connectivity index (χ3n) is 4.89. The number of halogens is 1. The van der Waals surface area contributed by atoms with E-state index in [-0.39, 0.29) is 35.1 Å². The first kappa shape index (κ1) is 20.3. The molecule has 6 nitrogen and oxygen atoms in total. The van der Waals surface area contributed by atoms with Gasteiger partial charge in [0, 0.05) is 22.0 Å². The van der Waals surface area contributed by atoms with Gasteiger partial charge in [-0.25, -0.2) is 8.42 Å². The summed E-state index contributed by atoms with van der Waals surface area (Å²) in [6.45, 7) is 0. The van der Waals surface area contributed by atoms with Crippen LogP contribution in [-0.2, 0) is 21.1 Å². The number of amidine groups is 1. The molecule has 2 aromatic carbocycles. The van der Waals surface area contributed by atoms with Crippen LogP contribution in [0.4, 0.5) is 5.69 Å². The molecule has 0 bridgehead atoms. The first-order valence-electron chi connectivity index (χ1n) is 9.01. The fourth-order valence-corrected chi connectivity index (χ4v) is 7.61. The molecule has 0 spiro atoms. The number of hydrogen-bond acceptors (Lipinski definition) is 5. The van der Waals surface area contributed by atoms with Crippen LogP contribution in [0, 0.1) is 0 Å². The average Bonchev–Trinajstić information content (AvgIpc) is 3.14. The number of rotatable bonds is 4. The molecule has 4 rings (SSSR count).